The molecule has 7 heteroatoms. The maximum atomic E-state index is 13.8. The van der Waals surface area contributed by atoms with E-state index in [-0.39, 0.29) is 31.0 Å². The Balaban J connectivity index is 1.55. The van der Waals surface area contributed by atoms with Crippen molar-refractivity contribution in [1.82, 2.24) is 10.6 Å². The third-order valence-corrected chi connectivity index (χ3v) is 7.43. The van der Waals surface area contributed by atoms with Crippen LogP contribution in [0.25, 0.3) is 0 Å². The fourth-order valence-corrected chi connectivity index (χ4v) is 5.34. The van der Waals surface area contributed by atoms with Crippen LogP contribution in [0.15, 0.2) is 48.6 Å². The summed E-state index contributed by atoms with van der Waals surface area (Å²) in [6.07, 6.45) is 7.73. The van der Waals surface area contributed by atoms with Gasteiger partial charge in [0.25, 0.3) is 0 Å². The van der Waals surface area contributed by atoms with Gasteiger partial charge in [0.05, 0.1) is 24.9 Å². The number of benzene rings is 2. The summed E-state index contributed by atoms with van der Waals surface area (Å²) in [6, 6.07) is 9.22. The summed E-state index contributed by atoms with van der Waals surface area (Å²) >= 11 is 0. The molecule has 1 aliphatic carbocycles. The molecule has 2 aliphatic rings. The van der Waals surface area contributed by atoms with Gasteiger partial charge >= 0.3 is 0 Å². The summed E-state index contributed by atoms with van der Waals surface area (Å²) in [6.45, 7) is 5.17. The predicted molar refractivity (Wildman–Crippen MR) is 145 cm³/mol. The number of aliphatic hydroxyl groups excluding tert-OH is 1. The number of carbonyl (C=O) groups is 1. The van der Waals surface area contributed by atoms with Crippen LogP contribution in [0, 0.1) is 17.6 Å². The van der Waals surface area contributed by atoms with E-state index in [1.54, 1.807) is 0 Å². The second kappa shape index (κ2) is 13.5. The van der Waals surface area contributed by atoms with E-state index in [2.05, 4.69) is 42.7 Å². The number of β-amino-alcohol motifs (C(OH)–C–C–N with tert-alkyl or cyclic N) is 1. The van der Waals surface area contributed by atoms with Crippen LogP contribution in [0.1, 0.15) is 80.4 Å². The lowest BCUT2D eigenvalue weighted by atomic mass is 9.97. The molecule has 0 saturated heterocycles. The number of hydrogen-bond acceptors (Lipinski definition) is 4. The highest BCUT2D eigenvalue weighted by Gasteiger charge is 2.33. The molecule has 206 valence electrons. The van der Waals surface area contributed by atoms with E-state index < -0.39 is 23.8 Å². The number of nitrogens with one attached hydrogen (secondary N) is 2. The van der Waals surface area contributed by atoms with Gasteiger partial charge in [-0.2, -0.15) is 0 Å². The molecule has 0 radical (unpaired) electrons. The number of rotatable bonds is 5. The van der Waals surface area contributed by atoms with E-state index in [1.807, 2.05) is 12.2 Å². The standard InChI is InChI=1S/C31H40F2N2O3/c1-20(2)8-9-21-10-11-25-26(15-21)27-18-30(25)38-12-6-4-3-5-7-31(37)35-28(29(36)19-34-27)16-22-13-23(32)17-24(33)14-22/h4,6,10-11,13-15,17,20,27-30,34,36H,3,5,7-9,12,16,18-19H2,1-2H3,(H,35,37)/b6-4+/t27-,28-,29+,30+/m0/s1. The monoisotopic (exact) mass is 526 g/mol. The third kappa shape index (κ3) is 7.95. The Labute approximate surface area is 224 Å². The van der Waals surface area contributed by atoms with Crippen LogP contribution in [0.4, 0.5) is 8.78 Å². The molecule has 1 heterocycles. The normalized spacial score (nSPS) is 25.7. The summed E-state index contributed by atoms with van der Waals surface area (Å²) < 4.78 is 33.9. The molecule has 0 fully saturated rings. The smallest absolute Gasteiger partial charge is 0.220 e. The molecule has 2 aromatic carbocycles. The van der Waals surface area contributed by atoms with E-state index in [9.17, 15) is 18.7 Å². The number of aryl methyl sites for hydroxylation is 1. The predicted octanol–water partition coefficient (Wildman–Crippen LogP) is 5.47. The van der Waals surface area contributed by atoms with Gasteiger partial charge in [0.1, 0.15) is 11.6 Å². The minimum absolute atomic E-state index is 0.0106. The van der Waals surface area contributed by atoms with E-state index in [1.165, 1.54) is 28.8 Å². The highest BCUT2D eigenvalue weighted by molar-refractivity contribution is 5.76. The summed E-state index contributed by atoms with van der Waals surface area (Å²) in [5.74, 6) is -0.929. The number of carbonyl (C=O) groups excluding carboxylic acids is 1. The van der Waals surface area contributed by atoms with Gasteiger partial charge in [-0.15, -0.1) is 0 Å². The molecule has 0 unspecified atom stereocenters. The van der Waals surface area contributed by atoms with Crippen LogP contribution in [-0.2, 0) is 22.4 Å². The maximum absolute atomic E-state index is 13.8. The van der Waals surface area contributed by atoms with Crippen molar-refractivity contribution in [2.75, 3.05) is 13.2 Å². The molecule has 1 amide bonds. The highest BCUT2D eigenvalue weighted by Crippen LogP contribution is 2.41. The Morgan fingerprint density at radius 1 is 1.05 bits per heavy atom. The number of aliphatic hydroxyl groups is 1. The number of hydrogen-bond donors (Lipinski definition) is 3. The van der Waals surface area contributed by atoms with Crippen LogP contribution in [0.2, 0.25) is 0 Å². The van der Waals surface area contributed by atoms with Gasteiger partial charge in [-0.05, 0) is 78.8 Å². The number of fused-ring (bicyclic) bond motifs is 5. The second-order valence-corrected chi connectivity index (χ2v) is 11.0. The van der Waals surface area contributed by atoms with Crippen molar-refractivity contribution in [1.29, 1.82) is 0 Å². The Morgan fingerprint density at radius 3 is 2.61 bits per heavy atom. The lowest BCUT2D eigenvalue weighted by molar-refractivity contribution is -0.122. The average molecular weight is 527 g/mol. The average Bonchev–Trinajstić information content (AvgIpc) is 3.20. The lowest BCUT2D eigenvalue weighted by Crippen LogP contribution is -2.49. The summed E-state index contributed by atoms with van der Waals surface area (Å²) in [7, 11) is 0. The Kier molecular flexibility index (Phi) is 10.1. The topological polar surface area (TPSA) is 70.6 Å². The van der Waals surface area contributed by atoms with Crippen molar-refractivity contribution >= 4 is 5.91 Å². The zero-order valence-electron chi connectivity index (χ0n) is 22.4. The van der Waals surface area contributed by atoms with Gasteiger partial charge in [-0.25, -0.2) is 8.78 Å². The number of halogens is 2. The molecule has 2 bridgehead atoms. The second-order valence-electron chi connectivity index (χ2n) is 11.0. The van der Waals surface area contributed by atoms with Gasteiger partial charge in [0.15, 0.2) is 0 Å². The zero-order chi connectivity index (χ0) is 27.1. The fraction of sp³-hybridized carbons (Fsp3) is 0.516. The first-order valence-corrected chi connectivity index (χ1v) is 13.8. The lowest BCUT2D eigenvalue weighted by Gasteiger charge is -2.26. The highest BCUT2D eigenvalue weighted by atomic mass is 19.1. The Hall–Kier alpha value is -2.61. The summed E-state index contributed by atoms with van der Waals surface area (Å²) in [4.78, 5) is 12.7. The third-order valence-electron chi connectivity index (χ3n) is 7.43. The van der Waals surface area contributed by atoms with Gasteiger partial charge in [0, 0.05) is 25.1 Å². The van der Waals surface area contributed by atoms with Crippen LogP contribution < -0.4 is 10.6 Å². The summed E-state index contributed by atoms with van der Waals surface area (Å²) in [5, 5.41) is 17.6. The molecule has 2 aromatic rings. The molecule has 0 saturated carbocycles. The van der Waals surface area contributed by atoms with Gasteiger partial charge in [-0.3, -0.25) is 4.79 Å². The quantitative estimate of drug-likeness (QED) is 0.452. The Bertz CT molecular complexity index is 1100. The molecular weight excluding hydrogens is 486 g/mol. The van der Waals surface area contributed by atoms with Crippen molar-refractivity contribution in [3.8, 4) is 0 Å². The number of ether oxygens (including phenoxy) is 1. The van der Waals surface area contributed by atoms with Crippen LogP contribution in [0.5, 0.6) is 0 Å². The van der Waals surface area contributed by atoms with E-state index in [0.29, 0.717) is 30.9 Å². The first-order chi connectivity index (χ1) is 18.3. The van der Waals surface area contributed by atoms with Crippen molar-refractivity contribution in [2.24, 2.45) is 5.92 Å². The summed E-state index contributed by atoms with van der Waals surface area (Å²) in [5.41, 5.74) is 4.03. The van der Waals surface area contributed by atoms with E-state index >= 15 is 0 Å². The molecule has 0 aromatic heterocycles. The number of allylic oxidation sites excluding steroid dienone is 1. The van der Waals surface area contributed by atoms with Crippen molar-refractivity contribution in [3.63, 3.8) is 0 Å². The molecule has 4 rings (SSSR count). The molecule has 3 N–H and O–H groups in total. The molecule has 0 spiro atoms. The van der Waals surface area contributed by atoms with Crippen molar-refractivity contribution in [3.05, 3.63) is 82.4 Å². The molecular formula is C31H40F2N2O3. The largest absolute Gasteiger partial charge is 0.390 e. The van der Waals surface area contributed by atoms with Gasteiger partial charge < -0.3 is 20.5 Å². The SMILES string of the molecule is CC(C)CCc1ccc2c(c1)[C@@H]1C[C@H]2OC/C=C/CCCC(=O)N[C@@H](Cc2cc(F)cc(F)c2)[C@H](O)CN1. The zero-order valence-corrected chi connectivity index (χ0v) is 22.4. The number of amides is 1. The first kappa shape index (κ1) is 28.4. The van der Waals surface area contributed by atoms with Crippen LogP contribution >= 0.6 is 0 Å². The maximum Gasteiger partial charge on any atom is 0.220 e. The van der Waals surface area contributed by atoms with Crippen molar-refractivity contribution in [2.45, 2.75) is 83.1 Å². The molecule has 5 nitrogen and oxygen atoms in total. The van der Waals surface area contributed by atoms with Crippen molar-refractivity contribution < 1.29 is 23.4 Å². The van der Waals surface area contributed by atoms with E-state index in [0.717, 1.165) is 31.7 Å². The van der Waals surface area contributed by atoms with Crippen LogP contribution in [-0.4, -0.2) is 36.3 Å². The molecule has 38 heavy (non-hydrogen) atoms. The van der Waals surface area contributed by atoms with E-state index in [4.69, 9.17) is 4.74 Å². The van der Waals surface area contributed by atoms with Crippen LogP contribution in [0.3, 0.4) is 0 Å². The molecule has 1 aliphatic heterocycles. The first-order valence-electron chi connectivity index (χ1n) is 13.8. The van der Waals surface area contributed by atoms with Gasteiger partial charge in [-0.1, -0.05) is 44.2 Å². The van der Waals surface area contributed by atoms with Gasteiger partial charge in [0.2, 0.25) is 5.91 Å². The Morgan fingerprint density at radius 2 is 1.84 bits per heavy atom. The minimum Gasteiger partial charge on any atom is -0.390 e. The molecule has 4 atom stereocenters. The minimum atomic E-state index is -0.953. The fourth-order valence-electron chi connectivity index (χ4n) is 5.34.